The number of nitrogens with zero attached hydrogens (tertiary/aromatic N) is 4. The number of likely N-dealkylation sites (N-methyl/N-ethyl adjacent to an activating group) is 1. The first-order valence-electron chi connectivity index (χ1n) is 7.26. The van der Waals surface area contributed by atoms with Gasteiger partial charge < -0.3 is 5.73 Å². The summed E-state index contributed by atoms with van der Waals surface area (Å²) in [4.78, 5) is 6.67. The molecule has 0 saturated heterocycles. The second-order valence-corrected chi connectivity index (χ2v) is 6.52. The number of nitrogens with two attached hydrogens (primary N) is 1. The van der Waals surface area contributed by atoms with E-state index >= 15 is 0 Å². The molecule has 0 aliphatic carbocycles. The van der Waals surface area contributed by atoms with Crippen molar-refractivity contribution in [3.05, 3.63) is 41.4 Å². The minimum absolute atomic E-state index is 0.598. The first-order valence-corrected chi connectivity index (χ1v) is 8.14. The Labute approximate surface area is 133 Å². The summed E-state index contributed by atoms with van der Waals surface area (Å²) in [7, 11) is 2.14. The van der Waals surface area contributed by atoms with Crippen molar-refractivity contribution in [3.8, 4) is 22.5 Å². The molecular weight excluding hydrogens is 294 g/mol. The zero-order valence-corrected chi connectivity index (χ0v) is 13.2. The van der Waals surface area contributed by atoms with Gasteiger partial charge in [-0.05, 0) is 19.2 Å². The molecule has 22 heavy (non-hydrogen) atoms. The van der Waals surface area contributed by atoms with E-state index in [1.165, 1.54) is 17.0 Å². The fourth-order valence-electron chi connectivity index (χ4n) is 2.80. The molecule has 4 rings (SSSR count). The third kappa shape index (κ3) is 2.40. The highest BCUT2D eigenvalue weighted by atomic mass is 32.1. The van der Waals surface area contributed by atoms with Crippen molar-refractivity contribution < 1.29 is 0 Å². The Morgan fingerprint density at radius 1 is 1.14 bits per heavy atom. The Balaban J connectivity index is 1.71. The Morgan fingerprint density at radius 2 is 1.95 bits per heavy atom. The second-order valence-electron chi connectivity index (χ2n) is 5.63. The normalized spacial score (nSPS) is 15.0. The molecular formula is C16H17N5S. The minimum Gasteiger partial charge on any atom is -0.375 e. The van der Waals surface area contributed by atoms with Crippen molar-refractivity contribution in [1.29, 1.82) is 0 Å². The molecule has 0 amide bonds. The van der Waals surface area contributed by atoms with Gasteiger partial charge >= 0.3 is 0 Å². The predicted molar refractivity (Wildman–Crippen MR) is 89.5 cm³/mol. The maximum atomic E-state index is 5.73. The standard InChI is InChI=1S/C16H17N5S/c1-20-5-6-21-13(9-20)8-14(19-21)11-3-2-4-12(7-11)15-10-22-16(17)18-15/h2-4,7-8,10H,5-6,9H2,1H3,(H2,17,18). The number of aromatic nitrogens is 3. The Bertz CT molecular complexity index is 820. The van der Waals surface area contributed by atoms with Crippen molar-refractivity contribution in [2.45, 2.75) is 13.1 Å². The summed E-state index contributed by atoms with van der Waals surface area (Å²) in [6, 6.07) is 10.5. The first kappa shape index (κ1) is 13.5. The van der Waals surface area contributed by atoms with Crippen LogP contribution in [-0.2, 0) is 13.1 Å². The summed E-state index contributed by atoms with van der Waals surface area (Å²) in [5, 5.41) is 7.33. The van der Waals surface area contributed by atoms with Crippen LogP contribution in [0.4, 0.5) is 5.13 Å². The maximum absolute atomic E-state index is 5.73. The van der Waals surface area contributed by atoms with Crippen molar-refractivity contribution in [3.63, 3.8) is 0 Å². The van der Waals surface area contributed by atoms with Gasteiger partial charge in [-0.15, -0.1) is 11.3 Å². The number of fused-ring (bicyclic) bond motifs is 1. The summed E-state index contributed by atoms with van der Waals surface area (Å²) in [5.41, 5.74) is 11.1. The average molecular weight is 311 g/mol. The van der Waals surface area contributed by atoms with Crippen LogP contribution in [0.25, 0.3) is 22.5 Å². The molecule has 0 atom stereocenters. The number of rotatable bonds is 2. The van der Waals surface area contributed by atoms with E-state index in [2.05, 4.69) is 45.9 Å². The van der Waals surface area contributed by atoms with Crippen LogP contribution in [0, 0.1) is 0 Å². The van der Waals surface area contributed by atoms with Gasteiger partial charge in [0.25, 0.3) is 0 Å². The van der Waals surface area contributed by atoms with Crippen molar-refractivity contribution in [2.24, 2.45) is 0 Å². The van der Waals surface area contributed by atoms with Crippen molar-refractivity contribution in [2.75, 3.05) is 19.3 Å². The van der Waals surface area contributed by atoms with Crippen LogP contribution in [0.3, 0.4) is 0 Å². The molecule has 3 heterocycles. The highest BCUT2D eigenvalue weighted by Crippen LogP contribution is 2.28. The van der Waals surface area contributed by atoms with E-state index < -0.39 is 0 Å². The van der Waals surface area contributed by atoms with Gasteiger partial charge in [-0.3, -0.25) is 9.58 Å². The largest absolute Gasteiger partial charge is 0.375 e. The molecule has 112 valence electrons. The summed E-state index contributed by atoms with van der Waals surface area (Å²) in [5.74, 6) is 0. The predicted octanol–water partition coefficient (Wildman–Crippen LogP) is 2.70. The van der Waals surface area contributed by atoms with Crippen LogP contribution in [0.5, 0.6) is 0 Å². The van der Waals surface area contributed by atoms with E-state index in [0.717, 1.165) is 42.1 Å². The molecule has 1 aliphatic heterocycles. The average Bonchev–Trinajstić information content (AvgIpc) is 3.13. The Kier molecular flexibility index (Phi) is 3.20. The molecule has 0 spiro atoms. The molecule has 3 aromatic rings. The Hall–Kier alpha value is -2.18. The highest BCUT2D eigenvalue weighted by Gasteiger charge is 2.16. The van der Waals surface area contributed by atoms with Crippen LogP contribution in [0.1, 0.15) is 5.69 Å². The van der Waals surface area contributed by atoms with Crippen molar-refractivity contribution in [1.82, 2.24) is 19.7 Å². The van der Waals surface area contributed by atoms with E-state index in [9.17, 15) is 0 Å². The van der Waals surface area contributed by atoms with E-state index in [0.29, 0.717) is 5.13 Å². The van der Waals surface area contributed by atoms with E-state index in [4.69, 9.17) is 10.8 Å². The smallest absolute Gasteiger partial charge is 0.180 e. The van der Waals surface area contributed by atoms with Crippen LogP contribution in [-0.4, -0.2) is 33.3 Å². The van der Waals surface area contributed by atoms with Gasteiger partial charge in [0.15, 0.2) is 5.13 Å². The number of hydrogen-bond acceptors (Lipinski definition) is 5. The minimum atomic E-state index is 0.598. The summed E-state index contributed by atoms with van der Waals surface area (Å²) in [6.07, 6.45) is 0. The monoisotopic (exact) mass is 311 g/mol. The van der Waals surface area contributed by atoms with Gasteiger partial charge in [0, 0.05) is 29.6 Å². The maximum Gasteiger partial charge on any atom is 0.180 e. The molecule has 0 unspecified atom stereocenters. The zero-order valence-electron chi connectivity index (χ0n) is 12.4. The fraction of sp³-hybridized carbons (Fsp3) is 0.250. The summed E-state index contributed by atoms with van der Waals surface area (Å²) >= 11 is 1.46. The van der Waals surface area contributed by atoms with Gasteiger partial charge in [0.05, 0.1) is 23.6 Å². The number of hydrogen-bond donors (Lipinski definition) is 1. The van der Waals surface area contributed by atoms with Gasteiger partial charge in [0.1, 0.15) is 0 Å². The lowest BCUT2D eigenvalue weighted by atomic mass is 10.1. The molecule has 2 N–H and O–H groups in total. The van der Waals surface area contributed by atoms with Crippen LogP contribution < -0.4 is 5.73 Å². The third-order valence-corrected chi connectivity index (χ3v) is 4.64. The zero-order chi connectivity index (χ0) is 15.1. The first-order chi connectivity index (χ1) is 10.7. The molecule has 1 aromatic carbocycles. The molecule has 0 fully saturated rings. The van der Waals surface area contributed by atoms with Crippen molar-refractivity contribution >= 4 is 16.5 Å². The third-order valence-electron chi connectivity index (χ3n) is 3.96. The van der Waals surface area contributed by atoms with Gasteiger partial charge in [-0.1, -0.05) is 18.2 Å². The molecule has 1 aliphatic rings. The number of nitrogen functional groups attached to an aromatic ring is 1. The summed E-state index contributed by atoms with van der Waals surface area (Å²) in [6.45, 7) is 2.95. The lowest BCUT2D eigenvalue weighted by Crippen LogP contribution is -2.30. The quantitative estimate of drug-likeness (QED) is 0.790. The van der Waals surface area contributed by atoms with Gasteiger partial charge in [0.2, 0.25) is 0 Å². The summed E-state index contributed by atoms with van der Waals surface area (Å²) < 4.78 is 2.11. The molecule has 0 saturated carbocycles. The van der Waals surface area contributed by atoms with E-state index in [1.807, 2.05) is 11.4 Å². The Morgan fingerprint density at radius 3 is 2.73 bits per heavy atom. The number of anilines is 1. The SMILES string of the molecule is CN1CCn2nc(-c3cccc(-c4csc(N)n4)c3)cc2C1. The van der Waals surface area contributed by atoms with Crippen LogP contribution in [0.2, 0.25) is 0 Å². The molecule has 0 radical (unpaired) electrons. The lowest BCUT2D eigenvalue weighted by molar-refractivity contribution is 0.259. The van der Waals surface area contributed by atoms with E-state index in [1.54, 1.807) is 0 Å². The lowest BCUT2D eigenvalue weighted by Gasteiger charge is -2.22. The van der Waals surface area contributed by atoms with E-state index in [-0.39, 0.29) is 0 Å². The number of thiazole rings is 1. The molecule has 0 bridgehead atoms. The number of benzene rings is 1. The molecule has 5 nitrogen and oxygen atoms in total. The van der Waals surface area contributed by atoms with Crippen LogP contribution >= 0.6 is 11.3 Å². The highest BCUT2D eigenvalue weighted by molar-refractivity contribution is 7.13. The second kappa shape index (κ2) is 5.23. The van der Waals surface area contributed by atoms with Crippen LogP contribution in [0.15, 0.2) is 35.7 Å². The van der Waals surface area contributed by atoms with Gasteiger partial charge in [-0.2, -0.15) is 5.10 Å². The molecule has 2 aromatic heterocycles. The molecule has 6 heteroatoms. The van der Waals surface area contributed by atoms with Gasteiger partial charge in [-0.25, -0.2) is 4.98 Å². The fourth-order valence-corrected chi connectivity index (χ4v) is 3.37. The topological polar surface area (TPSA) is 60.0 Å².